The van der Waals surface area contributed by atoms with Crippen molar-refractivity contribution >= 4 is 17.5 Å². The van der Waals surface area contributed by atoms with E-state index in [4.69, 9.17) is 17.3 Å². The van der Waals surface area contributed by atoms with E-state index in [0.717, 1.165) is 37.1 Å². The van der Waals surface area contributed by atoms with Gasteiger partial charge in [-0.1, -0.05) is 23.7 Å². The second-order valence-corrected chi connectivity index (χ2v) is 6.29. The van der Waals surface area contributed by atoms with Crippen LogP contribution in [0.2, 0.25) is 5.02 Å². The maximum absolute atomic E-state index is 11.1. The zero-order chi connectivity index (χ0) is 14.5. The third-order valence-corrected chi connectivity index (χ3v) is 4.36. The molecule has 0 heterocycles. The molecule has 1 atom stereocenters. The Kier molecular flexibility index (Phi) is 5.44. The van der Waals surface area contributed by atoms with Crippen LogP contribution in [-0.2, 0) is 11.2 Å². The van der Waals surface area contributed by atoms with Gasteiger partial charge < -0.3 is 11.1 Å². The highest BCUT2D eigenvalue weighted by molar-refractivity contribution is 6.30. The first-order valence-corrected chi connectivity index (χ1v) is 7.72. The standard InChI is InChI=1S/C16H23ClN2O/c1-11(10-12-2-6-14(17)7-3-12)19-15-8-4-13(5-9-15)16(18)20/h2-3,6-7,11,13,15,19H,4-5,8-10H2,1H3,(H2,18,20). The molecule has 20 heavy (non-hydrogen) atoms. The molecule has 0 spiro atoms. The predicted molar refractivity (Wildman–Crippen MR) is 82.7 cm³/mol. The fraction of sp³-hybridized carbons (Fsp3) is 0.562. The van der Waals surface area contributed by atoms with Gasteiger partial charge in [-0.2, -0.15) is 0 Å². The number of benzene rings is 1. The van der Waals surface area contributed by atoms with E-state index in [1.165, 1.54) is 5.56 Å². The fourth-order valence-electron chi connectivity index (χ4n) is 2.98. The Hall–Kier alpha value is -1.06. The van der Waals surface area contributed by atoms with Crippen molar-refractivity contribution in [1.29, 1.82) is 0 Å². The van der Waals surface area contributed by atoms with Gasteiger partial charge in [-0.15, -0.1) is 0 Å². The molecule has 1 aliphatic carbocycles. The molecule has 1 amide bonds. The molecule has 3 nitrogen and oxygen atoms in total. The lowest BCUT2D eigenvalue weighted by molar-refractivity contribution is -0.122. The number of carbonyl (C=O) groups is 1. The van der Waals surface area contributed by atoms with Crippen molar-refractivity contribution in [3.8, 4) is 0 Å². The zero-order valence-corrected chi connectivity index (χ0v) is 12.7. The zero-order valence-electron chi connectivity index (χ0n) is 11.9. The highest BCUT2D eigenvalue weighted by atomic mass is 35.5. The number of halogens is 1. The lowest BCUT2D eigenvalue weighted by Crippen LogP contribution is -2.41. The van der Waals surface area contributed by atoms with Gasteiger partial charge in [0, 0.05) is 23.0 Å². The van der Waals surface area contributed by atoms with Crippen molar-refractivity contribution < 1.29 is 4.79 Å². The molecule has 1 saturated carbocycles. The number of amides is 1. The highest BCUT2D eigenvalue weighted by Gasteiger charge is 2.25. The van der Waals surface area contributed by atoms with Gasteiger partial charge in [0.1, 0.15) is 0 Å². The number of primary amides is 1. The minimum Gasteiger partial charge on any atom is -0.369 e. The molecule has 110 valence electrons. The van der Waals surface area contributed by atoms with Crippen LogP contribution in [0.3, 0.4) is 0 Å². The summed E-state index contributed by atoms with van der Waals surface area (Å²) >= 11 is 5.89. The van der Waals surface area contributed by atoms with E-state index in [9.17, 15) is 4.79 Å². The molecule has 1 fully saturated rings. The SMILES string of the molecule is CC(Cc1ccc(Cl)cc1)NC1CCC(C(N)=O)CC1. The van der Waals surface area contributed by atoms with Gasteiger partial charge in [0.05, 0.1) is 0 Å². The van der Waals surface area contributed by atoms with Crippen molar-refractivity contribution in [2.75, 3.05) is 0 Å². The van der Waals surface area contributed by atoms with E-state index in [1.807, 2.05) is 12.1 Å². The quantitative estimate of drug-likeness (QED) is 0.877. The smallest absolute Gasteiger partial charge is 0.220 e. The van der Waals surface area contributed by atoms with E-state index >= 15 is 0 Å². The molecule has 0 aliphatic heterocycles. The molecule has 1 unspecified atom stereocenters. The van der Waals surface area contributed by atoms with Gasteiger partial charge in [-0.25, -0.2) is 0 Å². The van der Waals surface area contributed by atoms with Crippen molar-refractivity contribution in [2.24, 2.45) is 11.7 Å². The number of carbonyl (C=O) groups excluding carboxylic acids is 1. The topological polar surface area (TPSA) is 55.1 Å². The molecule has 1 aliphatic rings. The monoisotopic (exact) mass is 294 g/mol. The van der Waals surface area contributed by atoms with Crippen LogP contribution in [-0.4, -0.2) is 18.0 Å². The van der Waals surface area contributed by atoms with Gasteiger partial charge >= 0.3 is 0 Å². The van der Waals surface area contributed by atoms with E-state index in [1.54, 1.807) is 0 Å². The Morgan fingerprint density at radius 1 is 1.30 bits per heavy atom. The predicted octanol–water partition coefficient (Wildman–Crippen LogP) is 2.90. The molecule has 3 N–H and O–H groups in total. The normalized spacial score (nSPS) is 24.3. The molecule has 2 rings (SSSR count). The average molecular weight is 295 g/mol. The fourth-order valence-corrected chi connectivity index (χ4v) is 3.11. The Morgan fingerprint density at radius 2 is 1.90 bits per heavy atom. The summed E-state index contributed by atoms with van der Waals surface area (Å²) in [5.41, 5.74) is 6.65. The van der Waals surface area contributed by atoms with Crippen LogP contribution in [0.1, 0.15) is 38.2 Å². The summed E-state index contributed by atoms with van der Waals surface area (Å²) in [6.07, 6.45) is 4.91. The van der Waals surface area contributed by atoms with E-state index in [-0.39, 0.29) is 11.8 Å². The van der Waals surface area contributed by atoms with Crippen molar-refractivity contribution in [1.82, 2.24) is 5.32 Å². The molecule has 0 saturated heterocycles. The van der Waals surface area contributed by atoms with Crippen LogP contribution in [0, 0.1) is 5.92 Å². The Balaban J connectivity index is 1.76. The average Bonchev–Trinajstić information content (AvgIpc) is 2.42. The Morgan fingerprint density at radius 3 is 2.45 bits per heavy atom. The lowest BCUT2D eigenvalue weighted by Gasteiger charge is -2.30. The largest absolute Gasteiger partial charge is 0.369 e. The minimum absolute atomic E-state index is 0.0830. The summed E-state index contributed by atoms with van der Waals surface area (Å²) in [5, 5.41) is 4.43. The summed E-state index contributed by atoms with van der Waals surface area (Å²) < 4.78 is 0. The first-order valence-electron chi connectivity index (χ1n) is 7.34. The van der Waals surface area contributed by atoms with Gasteiger partial charge in [0.15, 0.2) is 0 Å². The summed E-state index contributed by atoms with van der Waals surface area (Å²) in [4.78, 5) is 11.1. The summed E-state index contributed by atoms with van der Waals surface area (Å²) in [6, 6.07) is 8.94. The van der Waals surface area contributed by atoms with Crippen molar-refractivity contribution in [3.05, 3.63) is 34.9 Å². The second-order valence-electron chi connectivity index (χ2n) is 5.85. The van der Waals surface area contributed by atoms with Crippen LogP contribution >= 0.6 is 11.6 Å². The van der Waals surface area contributed by atoms with Gasteiger partial charge in [0.2, 0.25) is 5.91 Å². The first kappa shape index (κ1) is 15.3. The molecule has 4 heteroatoms. The molecule has 0 aromatic heterocycles. The van der Waals surface area contributed by atoms with E-state index in [2.05, 4.69) is 24.4 Å². The van der Waals surface area contributed by atoms with Crippen molar-refractivity contribution in [3.63, 3.8) is 0 Å². The summed E-state index contributed by atoms with van der Waals surface area (Å²) in [7, 11) is 0. The molecule has 0 bridgehead atoms. The van der Waals surface area contributed by atoms with E-state index < -0.39 is 0 Å². The number of nitrogens with two attached hydrogens (primary N) is 1. The number of nitrogens with one attached hydrogen (secondary N) is 1. The molecular weight excluding hydrogens is 272 g/mol. The summed E-state index contributed by atoms with van der Waals surface area (Å²) in [6.45, 7) is 2.20. The van der Waals surface area contributed by atoms with Gasteiger partial charge in [0.25, 0.3) is 0 Å². The van der Waals surface area contributed by atoms with Crippen LogP contribution in [0.25, 0.3) is 0 Å². The maximum atomic E-state index is 11.1. The first-order chi connectivity index (χ1) is 9.54. The minimum atomic E-state index is -0.141. The highest BCUT2D eigenvalue weighted by Crippen LogP contribution is 2.24. The van der Waals surface area contributed by atoms with Crippen LogP contribution < -0.4 is 11.1 Å². The number of rotatable bonds is 5. The maximum Gasteiger partial charge on any atom is 0.220 e. The van der Waals surface area contributed by atoms with Crippen LogP contribution in [0.15, 0.2) is 24.3 Å². The Labute approximate surface area is 125 Å². The third-order valence-electron chi connectivity index (χ3n) is 4.10. The third kappa shape index (κ3) is 4.50. The van der Waals surface area contributed by atoms with Crippen molar-refractivity contribution in [2.45, 2.75) is 51.1 Å². The lowest BCUT2D eigenvalue weighted by atomic mass is 9.85. The summed E-state index contributed by atoms with van der Waals surface area (Å²) in [5.74, 6) is -0.0581. The van der Waals surface area contributed by atoms with Gasteiger partial charge in [-0.05, 0) is 56.7 Å². The molecular formula is C16H23ClN2O. The number of hydrogen-bond acceptors (Lipinski definition) is 2. The molecule has 1 aromatic rings. The molecule has 1 aromatic carbocycles. The Bertz CT molecular complexity index is 438. The van der Waals surface area contributed by atoms with Crippen LogP contribution in [0.4, 0.5) is 0 Å². The second kappa shape index (κ2) is 7.09. The van der Waals surface area contributed by atoms with E-state index in [0.29, 0.717) is 12.1 Å². The van der Waals surface area contributed by atoms with Gasteiger partial charge in [-0.3, -0.25) is 4.79 Å². The number of hydrogen-bond donors (Lipinski definition) is 2. The molecule has 0 radical (unpaired) electrons. The van der Waals surface area contributed by atoms with Crippen LogP contribution in [0.5, 0.6) is 0 Å².